The van der Waals surface area contributed by atoms with Gasteiger partial charge >= 0.3 is 0 Å². The van der Waals surface area contributed by atoms with E-state index in [1.165, 1.54) is 0 Å². The normalized spacial score (nSPS) is 17.1. The molecule has 0 bridgehead atoms. The second-order valence-electron chi connectivity index (χ2n) is 4.60. The third-order valence-corrected chi connectivity index (χ3v) is 3.27. The molecule has 1 aliphatic rings. The van der Waals surface area contributed by atoms with E-state index in [4.69, 9.17) is 0 Å². The van der Waals surface area contributed by atoms with Gasteiger partial charge in [0.2, 0.25) is 0 Å². The molecular formula is C12H17F2N3O. The average molecular weight is 257 g/mol. The van der Waals surface area contributed by atoms with Crippen LogP contribution >= 0.6 is 0 Å². The monoisotopic (exact) mass is 257 g/mol. The number of hydrogen-bond acceptors (Lipinski definition) is 4. The Kier molecular flexibility index (Phi) is 3.65. The number of nitrogens with zero attached hydrogens (tertiary/aromatic N) is 1. The van der Waals surface area contributed by atoms with Crippen molar-refractivity contribution in [2.75, 3.05) is 23.8 Å². The van der Waals surface area contributed by atoms with Crippen LogP contribution in [0.2, 0.25) is 0 Å². The minimum atomic E-state index is -0.742. The number of halogens is 2. The van der Waals surface area contributed by atoms with E-state index in [1.54, 1.807) is 6.92 Å². The van der Waals surface area contributed by atoms with Crippen molar-refractivity contribution >= 4 is 11.6 Å². The molecule has 0 radical (unpaired) electrons. The van der Waals surface area contributed by atoms with E-state index in [0.29, 0.717) is 6.54 Å². The maximum absolute atomic E-state index is 13.6. The van der Waals surface area contributed by atoms with Gasteiger partial charge in [0, 0.05) is 12.6 Å². The lowest BCUT2D eigenvalue weighted by Gasteiger charge is -2.41. The van der Waals surface area contributed by atoms with Gasteiger partial charge in [-0.05, 0) is 26.2 Å². The van der Waals surface area contributed by atoms with E-state index in [1.807, 2.05) is 0 Å². The number of aliphatic hydroxyl groups excluding tert-OH is 1. The van der Waals surface area contributed by atoms with Crippen molar-refractivity contribution < 1.29 is 13.9 Å². The third kappa shape index (κ3) is 2.38. The van der Waals surface area contributed by atoms with Crippen LogP contribution in [0.3, 0.4) is 0 Å². The fourth-order valence-corrected chi connectivity index (χ4v) is 2.02. The van der Waals surface area contributed by atoms with E-state index in [2.05, 4.69) is 15.6 Å². The summed E-state index contributed by atoms with van der Waals surface area (Å²) in [5, 5.41) is 14.9. The molecule has 18 heavy (non-hydrogen) atoms. The Bertz CT molecular complexity index is 430. The zero-order chi connectivity index (χ0) is 13.2. The van der Waals surface area contributed by atoms with Gasteiger partial charge in [0.1, 0.15) is 0 Å². The smallest absolute Gasteiger partial charge is 0.168 e. The summed E-state index contributed by atoms with van der Waals surface area (Å²) >= 11 is 0. The predicted molar refractivity (Wildman–Crippen MR) is 65.6 cm³/mol. The number of anilines is 2. The Morgan fingerprint density at radius 3 is 2.50 bits per heavy atom. The van der Waals surface area contributed by atoms with Gasteiger partial charge < -0.3 is 15.7 Å². The van der Waals surface area contributed by atoms with Crippen LogP contribution in [-0.2, 0) is 0 Å². The first-order valence-electron chi connectivity index (χ1n) is 6.09. The minimum absolute atomic E-state index is 0.0129. The standard InChI is InChI=1S/C12H17F2N3O/c1-2-15-10-8(13)6-9(14)11(16-10)17-12(7-18)4-3-5-12/h6,18H,2-5,7H2,1H3,(H2,15,16,17). The number of aromatic nitrogens is 1. The lowest BCUT2D eigenvalue weighted by atomic mass is 9.77. The second kappa shape index (κ2) is 5.06. The number of rotatable bonds is 5. The topological polar surface area (TPSA) is 57.2 Å². The van der Waals surface area contributed by atoms with Crippen LogP contribution in [0.15, 0.2) is 6.07 Å². The van der Waals surface area contributed by atoms with Crippen molar-refractivity contribution in [1.82, 2.24) is 4.98 Å². The van der Waals surface area contributed by atoms with Gasteiger partial charge in [0.05, 0.1) is 12.1 Å². The summed E-state index contributed by atoms with van der Waals surface area (Å²) in [6.07, 6.45) is 2.51. The molecule has 1 aliphatic carbocycles. The summed E-state index contributed by atoms with van der Waals surface area (Å²) in [5.74, 6) is -1.45. The lowest BCUT2D eigenvalue weighted by Crippen LogP contribution is -2.48. The molecule has 0 unspecified atom stereocenters. The lowest BCUT2D eigenvalue weighted by molar-refractivity contribution is 0.143. The summed E-state index contributed by atoms with van der Waals surface area (Å²) in [6.45, 7) is 2.22. The molecule has 1 aromatic rings. The molecule has 0 aromatic carbocycles. The Morgan fingerprint density at radius 2 is 2.00 bits per heavy atom. The van der Waals surface area contributed by atoms with Crippen LogP contribution in [0.25, 0.3) is 0 Å². The molecule has 2 rings (SSSR count). The van der Waals surface area contributed by atoms with E-state index in [9.17, 15) is 13.9 Å². The highest BCUT2D eigenvalue weighted by Gasteiger charge is 2.37. The number of nitrogens with one attached hydrogen (secondary N) is 2. The minimum Gasteiger partial charge on any atom is -0.394 e. The third-order valence-electron chi connectivity index (χ3n) is 3.27. The zero-order valence-corrected chi connectivity index (χ0v) is 10.3. The van der Waals surface area contributed by atoms with Gasteiger partial charge in [-0.25, -0.2) is 13.8 Å². The Hall–Kier alpha value is -1.43. The van der Waals surface area contributed by atoms with Gasteiger partial charge in [-0.2, -0.15) is 0 Å². The van der Waals surface area contributed by atoms with Gasteiger partial charge in [-0.15, -0.1) is 0 Å². The maximum Gasteiger partial charge on any atom is 0.168 e. The Morgan fingerprint density at radius 1 is 1.33 bits per heavy atom. The molecule has 3 N–H and O–H groups in total. The summed E-state index contributed by atoms with van der Waals surface area (Å²) in [5.41, 5.74) is -0.505. The van der Waals surface area contributed by atoms with Crippen molar-refractivity contribution in [3.8, 4) is 0 Å². The van der Waals surface area contributed by atoms with E-state index >= 15 is 0 Å². The van der Waals surface area contributed by atoms with E-state index in [-0.39, 0.29) is 18.2 Å². The first kappa shape index (κ1) is 13.0. The van der Waals surface area contributed by atoms with Crippen LogP contribution in [-0.4, -0.2) is 28.8 Å². The van der Waals surface area contributed by atoms with Crippen molar-refractivity contribution in [1.29, 1.82) is 0 Å². The predicted octanol–water partition coefficient (Wildman–Crippen LogP) is 2.12. The average Bonchev–Trinajstić information content (AvgIpc) is 2.29. The van der Waals surface area contributed by atoms with Gasteiger partial charge in [-0.1, -0.05) is 0 Å². The van der Waals surface area contributed by atoms with Crippen LogP contribution in [0, 0.1) is 11.6 Å². The largest absolute Gasteiger partial charge is 0.394 e. The molecule has 1 heterocycles. The van der Waals surface area contributed by atoms with Crippen molar-refractivity contribution in [2.24, 2.45) is 0 Å². The molecule has 0 saturated heterocycles. The van der Waals surface area contributed by atoms with Crippen molar-refractivity contribution in [2.45, 2.75) is 31.7 Å². The number of hydrogen-bond donors (Lipinski definition) is 3. The van der Waals surface area contributed by atoms with Crippen LogP contribution in [0.4, 0.5) is 20.4 Å². The molecule has 0 spiro atoms. The molecule has 100 valence electrons. The Balaban J connectivity index is 2.24. The van der Waals surface area contributed by atoms with Gasteiger partial charge in [0.25, 0.3) is 0 Å². The summed E-state index contributed by atoms with van der Waals surface area (Å²) in [7, 11) is 0. The van der Waals surface area contributed by atoms with Crippen LogP contribution in [0.5, 0.6) is 0 Å². The zero-order valence-electron chi connectivity index (χ0n) is 10.3. The molecule has 0 aliphatic heterocycles. The second-order valence-corrected chi connectivity index (χ2v) is 4.60. The van der Waals surface area contributed by atoms with E-state index < -0.39 is 17.2 Å². The molecule has 1 saturated carbocycles. The molecule has 0 atom stereocenters. The Labute approximate surface area is 104 Å². The van der Waals surface area contributed by atoms with Crippen molar-refractivity contribution in [3.05, 3.63) is 17.7 Å². The van der Waals surface area contributed by atoms with Gasteiger partial charge in [0.15, 0.2) is 23.3 Å². The fourth-order valence-electron chi connectivity index (χ4n) is 2.02. The molecule has 1 fully saturated rings. The maximum atomic E-state index is 13.6. The molecule has 0 amide bonds. The van der Waals surface area contributed by atoms with E-state index in [0.717, 1.165) is 25.3 Å². The summed E-state index contributed by atoms with van der Waals surface area (Å²) in [6, 6.07) is 0.803. The van der Waals surface area contributed by atoms with Crippen molar-refractivity contribution in [3.63, 3.8) is 0 Å². The summed E-state index contributed by atoms with van der Waals surface area (Å²) in [4.78, 5) is 3.89. The molecule has 1 aromatic heterocycles. The van der Waals surface area contributed by atoms with Crippen LogP contribution in [0.1, 0.15) is 26.2 Å². The highest BCUT2D eigenvalue weighted by atomic mass is 19.1. The number of pyridine rings is 1. The first-order chi connectivity index (χ1) is 8.60. The molecular weight excluding hydrogens is 240 g/mol. The quantitative estimate of drug-likeness (QED) is 0.756. The highest BCUT2D eigenvalue weighted by molar-refractivity contribution is 5.49. The molecule has 6 heteroatoms. The van der Waals surface area contributed by atoms with Crippen LogP contribution < -0.4 is 10.6 Å². The molecule has 4 nitrogen and oxygen atoms in total. The first-order valence-corrected chi connectivity index (χ1v) is 6.09. The highest BCUT2D eigenvalue weighted by Crippen LogP contribution is 2.35. The fraction of sp³-hybridized carbons (Fsp3) is 0.583. The summed E-state index contributed by atoms with van der Waals surface area (Å²) < 4.78 is 27.0. The van der Waals surface area contributed by atoms with Gasteiger partial charge in [-0.3, -0.25) is 0 Å². The SMILES string of the molecule is CCNc1nc(NC2(CO)CCC2)c(F)cc1F. The number of aliphatic hydroxyl groups is 1.